The van der Waals surface area contributed by atoms with Crippen LogP contribution in [0.1, 0.15) is 79.1 Å². The van der Waals surface area contributed by atoms with E-state index in [1.807, 2.05) is 32.0 Å². The molecule has 2 aromatic heterocycles. The number of pyridine rings is 1. The molecule has 3 N–H and O–H groups in total. The van der Waals surface area contributed by atoms with E-state index in [1.165, 1.54) is 7.05 Å². The molecular weight excluding hydrogens is 844 g/mol. The minimum Gasteiger partial charge on any atom is -0.478 e. The third kappa shape index (κ3) is 7.82. The number of rotatable bonds is 11. The van der Waals surface area contributed by atoms with E-state index < -0.39 is 35.1 Å². The van der Waals surface area contributed by atoms with Gasteiger partial charge in [-0.05, 0) is 107 Å². The van der Waals surface area contributed by atoms with Crippen molar-refractivity contribution >= 4 is 81.1 Å². The van der Waals surface area contributed by atoms with Gasteiger partial charge in [0.2, 0.25) is 23.7 Å². The molecule has 5 aliphatic heterocycles. The number of hydrogen-bond donors (Lipinski definition) is 3. The summed E-state index contributed by atoms with van der Waals surface area (Å²) in [7, 11) is 1.50. The molecule has 334 valence electrons. The Hall–Kier alpha value is -6.40. The van der Waals surface area contributed by atoms with Crippen molar-refractivity contribution in [3.05, 3.63) is 75.2 Å². The number of carbonyl (C=O) groups excluding carboxylic acids is 6. The summed E-state index contributed by atoms with van der Waals surface area (Å²) in [6.45, 7) is 8.18. The van der Waals surface area contributed by atoms with Crippen LogP contribution in [-0.4, -0.2) is 119 Å². The predicted molar refractivity (Wildman–Crippen MR) is 237 cm³/mol. The van der Waals surface area contributed by atoms with E-state index in [0.29, 0.717) is 40.6 Å². The Bertz CT molecular complexity index is 2670. The van der Waals surface area contributed by atoms with Crippen molar-refractivity contribution in [2.45, 2.75) is 64.5 Å². The lowest BCUT2D eigenvalue weighted by molar-refractivity contribution is -0.139. The van der Waals surface area contributed by atoms with Crippen molar-refractivity contribution in [3.63, 3.8) is 0 Å². The maximum absolute atomic E-state index is 13.7. The normalized spacial score (nSPS) is 20.2. The number of carbonyl (C=O) groups is 6. The van der Waals surface area contributed by atoms with E-state index >= 15 is 0 Å². The molecule has 1 unspecified atom stereocenters. The quantitative estimate of drug-likeness (QED) is 0.145. The number of piperidine rings is 3. The van der Waals surface area contributed by atoms with Gasteiger partial charge in [0.25, 0.3) is 23.3 Å². The highest BCUT2D eigenvalue weighted by Gasteiger charge is 2.54. The maximum Gasteiger partial charge on any atom is 0.293 e. The first kappa shape index (κ1) is 42.9. The Morgan fingerprint density at radius 1 is 0.953 bits per heavy atom. The summed E-state index contributed by atoms with van der Waals surface area (Å²) in [4.78, 5) is 106. The fourth-order valence-electron chi connectivity index (χ4n) is 9.65. The van der Waals surface area contributed by atoms with Crippen LogP contribution in [0.25, 0.3) is 10.9 Å². The summed E-state index contributed by atoms with van der Waals surface area (Å²) in [5, 5.41) is 9.12. The van der Waals surface area contributed by atoms with E-state index in [4.69, 9.17) is 21.3 Å². The van der Waals surface area contributed by atoms with Gasteiger partial charge in [0.1, 0.15) is 11.1 Å². The van der Waals surface area contributed by atoms with Crippen LogP contribution < -0.4 is 36.0 Å². The molecule has 9 rings (SSSR count). The lowest BCUT2D eigenvalue weighted by Gasteiger charge is -2.53. The van der Waals surface area contributed by atoms with E-state index in [2.05, 4.69) is 30.7 Å². The second-order valence-electron chi connectivity index (χ2n) is 17.6. The number of β-lactam (4-membered cyclic amide) rings is 1. The summed E-state index contributed by atoms with van der Waals surface area (Å²) in [5.41, 5.74) is 1.54. The maximum atomic E-state index is 13.7. The van der Waals surface area contributed by atoms with E-state index in [-0.39, 0.29) is 59.7 Å². The zero-order valence-corrected chi connectivity index (χ0v) is 36.6. The van der Waals surface area contributed by atoms with Gasteiger partial charge in [-0.3, -0.25) is 43.8 Å². The molecule has 0 radical (unpaired) electrons. The summed E-state index contributed by atoms with van der Waals surface area (Å²) >= 11 is 6.60. The molecule has 4 fully saturated rings. The van der Waals surface area contributed by atoms with Crippen LogP contribution in [0.15, 0.2) is 53.5 Å². The molecule has 6 amide bonds. The van der Waals surface area contributed by atoms with Crippen LogP contribution in [0, 0.1) is 11.3 Å². The van der Waals surface area contributed by atoms with Crippen LogP contribution in [0.2, 0.25) is 5.02 Å². The van der Waals surface area contributed by atoms with Crippen LogP contribution in [0.4, 0.5) is 23.1 Å². The van der Waals surface area contributed by atoms with Crippen LogP contribution in [-0.2, 0) is 19.2 Å². The standard InChI is InChI=1S/C45H49ClN10O8/c1-25(2)55-33-7-4-28(18-27(33)19-35(42(55)62)64-23-37(58)47-3)49-38-32(46)21-48-44(51-38)53-14-10-26(11-15-53)22-52-16-12-45(13-17-52)24-54(43(45)63)29-5-6-30-31(20-29)41(61)56(40(30)60)34-8-9-36(57)50-39(34)59/h4-7,18-21,25-26,34H,8-17,22-24H2,1-3H3,(H,47,58)(H,48,49,51)(H,50,57,59). The molecule has 4 saturated heterocycles. The number of hydrogen-bond acceptors (Lipinski definition) is 13. The van der Waals surface area contributed by atoms with Crippen LogP contribution in [0.3, 0.4) is 0 Å². The van der Waals surface area contributed by atoms with E-state index in [0.717, 1.165) is 74.2 Å². The van der Waals surface area contributed by atoms with Gasteiger partial charge in [0, 0.05) is 62.5 Å². The van der Waals surface area contributed by atoms with Crippen LogP contribution in [0.5, 0.6) is 5.75 Å². The number of nitrogens with zero attached hydrogens (tertiary/aromatic N) is 7. The van der Waals surface area contributed by atoms with Gasteiger partial charge in [0.15, 0.2) is 18.2 Å². The number of likely N-dealkylation sites (tertiary alicyclic amines) is 1. The Morgan fingerprint density at radius 2 is 1.70 bits per heavy atom. The molecule has 2 aromatic carbocycles. The monoisotopic (exact) mass is 892 g/mol. The molecule has 64 heavy (non-hydrogen) atoms. The topological polar surface area (TPSA) is 208 Å². The third-order valence-corrected chi connectivity index (χ3v) is 13.5. The minimum absolute atomic E-state index is 0.0204. The highest BCUT2D eigenvalue weighted by atomic mass is 35.5. The lowest BCUT2D eigenvalue weighted by atomic mass is 9.70. The van der Waals surface area contributed by atoms with Gasteiger partial charge < -0.3 is 34.6 Å². The summed E-state index contributed by atoms with van der Waals surface area (Å²) in [5.74, 6) is -1.01. The minimum atomic E-state index is -1.05. The smallest absolute Gasteiger partial charge is 0.293 e. The fourth-order valence-corrected chi connectivity index (χ4v) is 9.79. The molecule has 4 aromatic rings. The van der Waals surface area contributed by atoms with Gasteiger partial charge in [-0.25, -0.2) is 4.98 Å². The molecule has 1 atom stereocenters. The Kier molecular flexibility index (Phi) is 11.4. The largest absolute Gasteiger partial charge is 0.478 e. The van der Waals surface area contributed by atoms with Crippen molar-refractivity contribution in [2.24, 2.45) is 11.3 Å². The third-order valence-electron chi connectivity index (χ3n) is 13.3. The van der Waals surface area contributed by atoms with Crippen molar-refractivity contribution in [3.8, 4) is 5.75 Å². The number of benzene rings is 2. The number of amides is 6. The number of likely N-dealkylation sites (N-methyl/N-ethyl adjacent to an activating group) is 1. The molecule has 18 nitrogen and oxygen atoms in total. The number of fused-ring (bicyclic) bond motifs is 2. The summed E-state index contributed by atoms with van der Waals surface area (Å²) < 4.78 is 7.25. The average Bonchev–Trinajstić information content (AvgIpc) is 3.53. The SMILES string of the molecule is CNC(=O)COc1cc2cc(Nc3nc(N4CCC(CN5CCC6(CC5)CN(c5ccc7c(c5)C(=O)N(C5CCC(=O)NC5=O)C7=O)C6=O)CC4)ncc3Cl)ccc2n(C(C)C)c1=O. The first-order chi connectivity index (χ1) is 30.7. The molecule has 0 aliphatic carbocycles. The summed E-state index contributed by atoms with van der Waals surface area (Å²) in [6, 6.07) is 10.8. The van der Waals surface area contributed by atoms with E-state index in [1.54, 1.807) is 39.9 Å². The van der Waals surface area contributed by atoms with Crippen molar-refractivity contribution in [1.82, 2.24) is 35.0 Å². The molecular formula is C45H49ClN10O8. The number of anilines is 4. The van der Waals surface area contributed by atoms with Crippen LogP contribution >= 0.6 is 11.6 Å². The number of halogens is 1. The van der Waals surface area contributed by atoms with Gasteiger partial charge in [-0.2, -0.15) is 4.98 Å². The lowest BCUT2D eigenvalue weighted by Crippen LogP contribution is -2.65. The van der Waals surface area contributed by atoms with Gasteiger partial charge >= 0.3 is 0 Å². The first-order valence-corrected chi connectivity index (χ1v) is 22.1. The van der Waals surface area contributed by atoms with Crippen molar-refractivity contribution in [1.29, 1.82) is 0 Å². The number of imide groups is 2. The van der Waals surface area contributed by atoms with E-state index in [9.17, 15) is 33.6 Å². The summed E-state index contributed by atoms with van der Waals surface area (Å²) in [6.07, 6.45) is 5.10. The zero-order valence-electron chi connectivity index (χ0n) is 35.8. The van der Waals surface area contributed by atoms with Gasteiger partial charge in [-0.15, -0.1) is 0 Å². The fraction of sp³-hybridized carbons (Fsp3) is 0.444. The Labute approximate surface area is 373 Å². The zero-order chi connectivity index (χ0) is 45.0. The second-order valence-corrected chi connectivity index (χ2v) is 18.0. The number of aromatic nitrogens is 3. The molecule has 7 heterocycles. The first-order valence-electron chi connectivity index (χ1n) is 21.7. The highest BCUT2D eigenvalue weighted by Crippen LogP contribution is 2.45. The van der Waals surface area contributed by atoms with Crippen molar-refractivity contribution < 1.29 is 33.5 Å². The predicted octanol–water partition coefficient (Wildman–Crippen LogP) is 3.64. The Balaban J connectivity index is 0.777. The average molecular weight is 893 g/mol. The molecule has 0 bridgehead atoms. The Morgan fingerprint density at radius 3 is 2.41 bits per heavy atom. The second kappa shape index (κ2) is 17.0. The number of ether oxygens (including phenoxy) is 1. The highest BCUT2D eigenvalue weighted by molar-refractivity contribution is 6.33. The van der Waals surface area contributed by atoms with Gasteiger partial charge in [0.05, 0.1) is 28.3 Å². The van der Waals surface area contributed by atoms with Crippen molar-refractivity contribution in [2.75, 3.05) is 68.0 Å². The molecule has 5 aliphatic rings. The number of nitrogens with one attached hydrogen (secondary N) is 3. The molecule has 0 saturated carbocycles. The molecule has 19 heteroatoms. The van der Waals surface area contributed by atoms with Gasteiger partial charge in [-0.1, -0.05) is 11.6 Å². The molecule has 1 spiro atoms.